The van der Waals surface area contributed by atoms with E-state index < -0.39 is 18.5 Å². The summed E-state index contributed by atoms with van der Waals surface area (Å²) >= 11 is 0. The first kappa shape index (κ1) is 21.6. The quantitative estimate of drug-likeness (QED) is 0.588. The van der Waals surface area contributed by atoms with Gasteiger partial charge in [-0.2, -0.15) is 0 Å². The maximum Gasteiger partial charge on any atom is 0.166 e. The molecule has 2 aromatic heterocycles. The number of nitrogens with zero attached hydrogens (tertiary/aromatic N) is 3. The van der Waals surface area contributed by atoms with Crippen molar-refractivity contribution in [3.63, 3.8) is 0 Å². The SMILES string of the molecule is C=C(N)c1c(N)cn([C@@H]2O[C@H](COc3ccc4ccc(N5CCC5)nc4c3)[C@@H](C)[C@@H]2F)c1C. The molecule has 2 fully saturated rings. The number of ether oxygens (including phenoxy) is 2. The molecule has 0 saturated carbocycles. The van der Waals surface area contributed by atoms with Gasteiger partial charge >= 0.3 is 0 Å². The van der Waals surface area contributed by atoms with Crippen LogP contribution in [0.3, 0.4) is 0 Å². The van der Waals surface area contributed by atoms with Gasteiger partial charge < -0.3 is 30.4 Å². The lowest BCUT2D eigenvalue weighted by molar-refractivity contribution is -0.0361. The fraction of sp³-hybridized carbons (Fsp3) is 0.400. The van der Waals surface area contributed by atoms with E-state index in [4.69, 9.17) is 25.9 Å². The van der Waals surface area contributed by atoms with Crippen LogP contribution in [0, 0.1) is 12.8 Å². The summed E-state index contributed by atoms with van der Waals surface area (Å²) in [6.07, 6.45) is 0.465. The summed E-state index contributed by atoms with van der Waals surface area (Å²) in [5.41, 5.74) is 15.0. The van der Waals surface area contributed by atoms with Crippen molar-refractivity contribution in [2.24, 2.45) is 11.7 Å². The molecular formula is C25H30FN5O2. The van der Waals surface area contributed by atoms with Crippen LogP contribution in [0.2, 0.25) is 0 Å². The Balaban J connectivity index is 1.30. The average molecular weight is 452 g/mol. The molecular weight excluding hydrogens is 421 g/mol. The number of nitrogen functional groups attached to an aromatic ring is 1. The molecule has 1 aromatic carbocycles. The Morgan fingerprint density at radius 3 is 2.73 bits per heavy atom. The van der Waals surface area contributed by atoms with E-state index in [0.717, 1.165) is 35.5 Å². The lowest BCUT2D eigenvalue weighted by Gasteiger charge is -2.32. The van der Waals surface area contributed by atoms with Gasteiger partial charge in [0.1, 0.15) is 18.2 Å². The number of halogens is 1. The highest BCUT2D eigenvalue weighted by Gasteiger charge is 2.44. The standard InChI is InChI=1S/C25H30FN5O2/c1-14-21(33-25(24(14)26)31-12-19(28)23(15(2)27)16(31)3)13-32-18-7-5-17-6-8-22(29-20(17)11-18)30-9-4-10-30/h5-8,11-12,14,21,24-25H,2,4,9-10,13,27-28H2,1,3H3/t14-,21-,24+,25-/m1/s1. The Morgan fingerprint density at radius 2 is 2.06 bits per heavy atom. The topological polar surface area (TPSA) is 91.6 Å². The monoisotopic (exact) mass is 451 g/mol. The predicted octanol–water partition coefficient (Wildman–Crippen LogP) is 4.02. The summed E-state index contributed by atoms with van der Waals surface area (Å²) in [6, 6.07) is 9.96. The minimum absolute atomic E-state index is 0.238. The van der Waals surface area contributed by atoms with Gasteiger partial charge in [0.05, 0.1) is 17.3 Å². The second-order valence-corrected chi connectivity index (χ2v) is 9.02. The van der Waals surface area contributed by atoms with Gasteiger partial charge in [-0.25, -0.2) is 9.37 Å². The minimum atomic E-state index is -1.21. The van der Waals surface area contributed by atoms with Crippen molar-refractivity contribution in [1.29, 1.82) is 0 Å². The van der Waals surface area contributed by atoms with Crippen LogP contribution in [0.1, 0.15) is 30.8 Å². The highest BCUT2D eigenvalue weighted by atomic mass is 19.1. The molecule has 8 heteroatoms. The van der Waals surface area contributed by atoms with Gasteiger partial charge in [-0.15, -0.1) is 0 Å². The highest BCUT2D eigenvalue weighted by molar-refractivity contribution is 5.82. The summed E-state index contributed by atoms with van der Waals surface area (Å²) in [4.78, 5) is 7.03. The zero-order chi connectivity index (χ0) is 23.3. The van der Waals surface area contributed by atoms with Crippen LogP contribution < -0.4 is 21.1 Å². The molecule has 4 atom stereocenters. The van der Waals surface area contributed by atoms with Crippen molar-refractivity contribution in [1.82, 2.24) is 9.55 Å². The zero-order valence-corrected chi connectivity index (χ0v) is 19.0. The van der Waals surface area contributed by atoms with Gasteiger partial charge in [-0.05, 0) is 37.6 Å². The summed E-state index contributed by atoms with van der Waals surface area (Å²) in [5, 5.41) is 1.05. The largest absolute Gasteiger partial charge is 0.491 e. The number of alkyl halides is 1. The second-order valence-electron chi connectivity index (χ2n) is 9.02. The molecule has 2 saturated heterocycles. The molecule has 33 heavy (non-hydrogen) atoms. The van der Waals surface area contributed by atoms with Crippen LogP contribution in [0.25, 0.3) is 16.6 Å². The number of benzene rings is 1. The lowest BCUT2D eigenvalue weighted by Crippen LogP contribution is -2.37. The number of nitrogens with two attached hydrogens (primary N) is 2. The summed E-state index contributed by atoms with van der Waals surface area (Å²) in [5.74, 6) is 1.33. The maximum absolute atomic E-state index is 15.2. The first-order valence-electron chi connectivity index (χ1n) is 11.3. The van der Waals surface area contributed by atoms with Crippen LogP contribution in [0.4, 0.5) is 15.9 Å². The summed E-state index contributed by atoms with van der Waals surface area (Å²) < 4.78 is 29.1. The fourth-order valence-electron chi connectivity index (χ4n) is 4.66. The number of rotatable bonds is 6. The van der Waals surface area contributed by atoms with E-state index in [1.54, 1.807) is 10.8 Å². The van der Waals surface area contributed by atoms with Gasteiger partial charge in [0, 0.05) is 53.6 Å². The molecule has 0 amide bonds. The van der Waals surface area contributed by atoms with Crippen molar-refractivity contribution < 1.29 is 13.9 Å². The molecule has 5 rings (SSSR count). The Kier molecular flexibility index (Phi) is 5.40. The van der Waals surface area contributed by atoms with E-state index >= 15 is 4.39 Å². The van der Waals surface area contributed by atoms with Crippen molar-refractivity contribution >= 4 is 28.1 Å². The van der Waals surface area contributed by atoms with E-state index in [0.29, 0.717) is 22.7 Å². The first-order valence-corrected chi connectivity index (χ1v) is 11.3. The van der Waals surface area contributed by atoms with Crippen molar-refractivity contribution in [2.75, 3.05) is 30.3 Å². The second kappa shape index (κ2) is 8.26. The fourth-order valence-corrected chi connectivity index (χ4v) is 4.66. The van der Waals surface area contributed by atoms with Gasteiger partial charge in [0.25, 0.3) is 0 Å². The Labute approximate surface area is 192 Å². The lowest BCUT2D eigenvalue weighted by atomic mass is 10.0. The third kappa shape index (κ3) is 3.78. The number of aromatic nitrogens is 2. The molecule has 174 valence electrons. The van der Waals surface area contributed by atoms with E-state index in [-0.39, 0.29) is 12.5 Å². The molecule has 4 N–H and O–H groups in total. The normalized spacial score (nSPS) is 24.8. The molecule has 4 heterocycles. The molecule has 0 unspecified atom stereocenters. The van der Waals surface area contributed by atoms with Gasteiger partial charge in [0.15, 0.2) is 12.4 Å². The van der Waals surface area contributed by atoms with Crippen molar-refractivity contribution in [3.05, 3.63) is 54.4 Å². The Bertz CT molecular complexity index is 1200. The molecule has 2 aliphatic rings. The molecule has 0 radical (unpaired) electrons. The van der Waals surface area contributed by atoms with E-state index in [9.17, 15) is 0 Å². The maximum atomic E-state index is 15.2. The average Bonchev–Trinajstić information content (AvgIpc) is 3.20. The Hall–Kier alpha value is -3.26. The summed E-state index contributed by atoms with van der Waals surface area (Å²) in [6.45, 7) is 9.77. The Morgan fingerprint density at radius 1 is 1.30 bits per heavy atom. The number of anilines is 2. The van der Waals surface area contributed by atoms with Gasteiger partial charge in [-0.3, -0.25) is 0 Å². The van der Waals surface area contributed by atoms with Crippen molar-refractivity contribution in [2.45, 2.75) is 38.8 Å². The number of hydrogen-bond donors (Lipinski definition) is 2. The van der Waals surface area contributed by atoms with E-state index in [2.05, 4.69) is 23.6 Å². The minimum Gasteiger partial charge on any atom is -0.491 e. The molecule has 3 aromatic rings. The molecule has 0 spiro atoms. The molecule has 7 nitrogen and oxygen atoms in total. The highest BCUT2D eigenvalue weighted by Crippen LogP contribution is 2.39. The number of pyridine rings is 1. The number of hydrogen-bond acceptors (Lipinski definition) is 6. The van der Waals surface area contributed by atoms with Crippen LogP contribution in [0.5, 0.6) is 5.75 Å². The van der Waals surface area contributed by atoms with Gasteiger partial charge in [0.2, 0.25) is 0 Å². The smallest absolute Gasteiger partial charge is 0.166 e. The third-order valence-electron chi connectivity index (χ3n) is 6.83. The van der Waals surface area contributed by atoms with Crippen molar-refractivity contribution in [3.8, 4) is 5.75 Å². The van der Waals surface area contributed by atoms with Crippen LogP contribution in [-0.2, 0) is 4.74 Å². The third-order valence-corrected chi connectivity index (χ3v) is 6.83. The molecule has 0 bridgehead atoms. The van der Waals surface area contributed by atoms with Crippen LogP contribution in [-0.4, -0.2) is 41.5 Å². The summed E-state index contributed by atoms with van der Waals surface area (Å²) in [7, 11) is 0. The number of fused-ring (bicyclic) bond motifs is 1. The van der Waals surface area contributed by atoms with Gasteiger partial charge in [-0.1, -0.05) is 13.5 Å². The predicted molar refractivity (Wildman–Crippen MR) is 129 cm³/mol. The van der Waals surface area contributed by atoms with E-state index in [1.807, 2.05) is 32.0 Å². The molecule has 2 aliphatic heterocycles. The first-order chi connectivity index (χ1) is 15.8. The zero-order valence-electron chi connectivity index (χ0n) is 19.0. The van der Waals surface area contributed by atoms with E-state index in [1.165, 1.54) is 6.42 Å². The van der Waals surface area contributed by atoms with Crippen LogP contribution >= 0.6 is 0 Å². The van der Waals surface area contributed by atoms with Crippen LogP contribution in [0.15, 0.2) is 43.1 Å². The molecule has 0 aliphatic carbocycles.